The number of halogens is 1. The van der Waals surface area contributed by atoms with Crippen LogP contribution in [0, 0.1) is 0 Å². The molecule has 3 aromatic carbocycles. The lowest BCUT2D eigenvalue weighted by molar-refractivity contribution is -0.0542. The zero-order valence-electron chi connectivity index (χ0n) is 13.4. The lowest BCUT2D eigenvalue weighted by Gasteiger charge is -2.35. The summed E-state index contributed by atoms with van der Waals surface area (Å²) in [6.45, 7) is 0.313. The predicted octanol–water partition coefficient (Wildman–Crippen LogP) is 4.19. The fraction of sp³-hybridized carbons (Fsp3) is 0.0952. The van der Waals surface area contributed by atoms with Crippen molar-refractivity contribution in [2.24, 2.45) is 0 Å². The third-order valence-electron chi connectivity index (χ3n) is 4.60. The number of hydrogen-bond donors (Lipinski definition) is 1. The number of carbonyl (C=O) groups excluding carboxylic acids is 1. The highest BCUT2D eigenvalue weighted by Gasteiger charge is 2.49. The van der Waals surface area contributed by atoms with E-state index in [-0.39, 0.29) is 5.91 Å². The monoisotopic (exact) mass is 349 g/mol. The van der Waals surface area contributed by atoms with Gasteiger partial charge in [-0.05, 0) is 23.8 Å². The Hall–Kier alpha value is -2.62. The SMILES string of the molecule is O=C1c2ccccc2[C@@](O)(c2ccc(Cl)cc2)N1Cc1ccccc1. The smallest absolute Gasteiger partial charge is 0.257 e. The standard InChI is InChI=1S/C21H16ClNO2/c22-17-12-10-16(11-13-17)21(25)19-9-5-4-8-18(19)20(24)23(21)14-15-6-2-1-3-7-15/h1-13,25H,14H2/t21-/m0/s1. The van der Waals surface area contributed by atoms with Crippen LogP contribution >= 0.6 is 11.6 Å². The van der Waals surface area contributed by atoms with Crippen LogP contribution in [0.2, 0.25) is 5.02 Å². The first-order chi connectivity index (χ1) is 12.1. The lowest BCUT2D eigenvalue weighted by atomic mass is 9.93. The molecule has 1 heterocycles. The van der Waals surface area contributed by atoms with E-state index < -0.39 is 5.72 Å². The minimum Gasteiger partial charge on any atom is -0.363 e. The van der Waals surface area contributed by atoms with Gasteiger partial charge in [0.25, 0.3) is 5.91 Å². The van der Waals surface area contributed by atoms with Gasteiger partial charge in [-0.1, -0.05) is 72.3 Å². The molecule has 3 nitrogen and oxygen atoms in total. The maximum Gasteiger partial charge on any atom is 0.257 e. The predicted molar refractivity (Wildman–Crippen MR) is 97.2 cm³/mol. The molecule has 1 aliphatic rings. The number of aliphatic hydroxyl groups is 1. The first-order valence-corrected chi connectivity index (χ1v) is 8.42. The van der Waals surface area contributed by atoms with E-state index in [9.17, 15) is 9.90 Å². The van der Waals surface area contributed by atoms with Crippen molar-refractivity contribution < 1.29 is 9.90 Å². The molecule has 1 aliphatic heterocycles. The van der Waals surface area contributed by atoms with Crippen LogP contribution in [0.15, 0.2) is 78.9 Å². The summed E-state index contributed by atoms with van der Waals surface area (Å²) in [4.78, 5) is 14.5. The highest BCUT2D eigenvalue weighted by Crippen LogP contribution is 2.43. The van der Waals surface area contributed by atoms with Gasteiger partial charge in [-0.3, -0.25) is 9.69 Å². The van der Waals surface area contributed by atoms with Gasteiger partial charge in [0.2, 0.25) is 0 Å². The molecule has 25 heavy (non-hydrogen) atoms. The van der Waals surface area contributed by atoms with Crippen molar-refractivity contribution in [1.29, 1.82) is 0 Å². The average Bonchev–Trinajstić information content (AvgIpc) is 2.86. The minimum atomic E-state index is -1.52. The van der Waals surface area contributed by atoms with E-state index >= 15 is 0 Å². The van der Waals surface area contributed by atoms with Crippen molar-refractivity contribution in [2.45, 2.75) is 12.3 Å². The van der Waals surface area contributed by atoms with E-state index in [0.29, 0.717) is 28.3 Å². The number of hydrogen-bond acceptors (Lipinski definition) is 2. The molecule has 4 heteroatoms. The molecule has 4 rings (SSSR count). The second kappa shape index (κ2) is 6.03. The van der Waals surface area contributed by atoms with E-state index in [0.717, 1.165) is 5.56 Å². The summed E-state index contributed by atoms with van der Waals surface area (Å²) in [5.74, 6) is -0.183. The van der Waals surface area contributed by atoms with Crippen molar-refractivity contribution >= 4 is 17.5 Å². The van der Waals surface area contributed by atoms with E-state index in [1.54, 1.807) is 36.4 Å². The molecule has 0 saturated heterocycles. The Labute approximate surface area is 151 Å². The molecule has 0 aromatic heterocycles. The van der Waals surface area contributed by atoms with Gasteiger partial charge in [0.05, 0.1) is 0 Å². The molecule has 0 radical (unpaired) electrons. The minimum absolute atomic E-state index is 0.183. The van der Waals surface area contributed by atoms with Crippen LogP contribution in [0.3, 0.4) is 0 Å². The summed E-state index contributed by atoms with van der Waals surface area (Å²) in [6, 6.07) is 23.8. The van der Waals surface area contributed by atoms with Crippen molar-refractivity contribution in [1.82, 2.24) is 4.90 Å². The summed E-state index contributed by atoms with van der Waals surface area (Å²) in [5, 5.41) is 12.2. The van der Waals surface area contributed by atoms with Crippen LogP contribution in [0.25, 0.3) is 0 Å². The largest absolute Gasteiger partial charge is 0.363 e. The first-order valence-electron chi connectivity index (χ1n) is 8.04. The summed E-state index contributed by atoms with van der Waals surface area (Å²) < 4.78 is 0. The van der Waals surface area contributed by atoms with Gasteiger partial charge in [0.1, 0.15) is 0 Å². The number of nitrogens with zero attached hydrogens (tertiary/aromatic N) is 1. The van der Waals surface area contributed by atoms with Gasteiger partial charge in [0.15, 0.2) is 5.72 Å². The molecule has 0 bridgehead atoms. The Balaban J connectivity index is 1.87. The van der Waals surface area contributed by atoms with Crippen LogP contribution in [0.5, 0.6) is 0 Å². The van der Waals surface area contributed by atoms with E-state index in [1.165, 1.54) is 4.90 Å². The van der Waals surface area contributed by atoms with Crippen molar-refractivity contribution in [2.75, 3.05) is 0 Å². The second-order valence-corrected chi connectivity index (χ2v) is 6.54. The van der Waals surface area contributed by atoms with Crippen LogP contribution in [-0.2, 0) is 12.3 Å². The Bertz CT molecular complexity index is 924. The number of benzene rings is 3. The average molecular weight is 350 g/mol. The normalized spacial score (nSPS) is 19.1. The molecular weight excluding hydrogens is 334 g/mol. The number of amides is 1. The molecule has 124 valence electrons. The van der Waals surface area contributed by atoms with Crippen molar-refractivity contribution in [3.8, 4) is 0 Å². The molecule has 0 unspecified atom stereocenters. The summed E-state index contributed by atoms with van der Waals surface area (Å²) in [6.07, 6.45) is 0. The Morgan fingerprint density at radius 3 is 2.24 bits per heavy atom. The molecule has 0 aliphatic carbocycles. The summed E-state index contributed by atoms with van der Waals surface area (Å²) in [5.41, 5.74) is 1.17. The van der Waals surface area contributed by atoms with E-state index in [2.05, 4.69) is 0 Å². The third kappa shape index (κ3) is 2.53. The Morgan fingerprint density at radius 1 is 0.880 bits per heavy atom. The van der Waals surface area contributed by atoms with Crippen LogP contribution in [0.1, 0.15) is 27.0 Å². The van der Waals surface area contributed by atoms with E-state index in [1.807, 2.05) is 42.5 Å². The van der Waals surface area contributed by atoms with Crippen molar-refractivity contribution in [3.63, 3.8) is 0 Å². The highest BCUT2D eigenvalue weighted by molar-refractivity contribution is 6.30. The third-order valence-corrected chi connectivity index (χ3v) is 4.85. The molecular formula is C21H16ClNO2. The lowest BCUT2D eigenvalue weighted by Crippen LogP contribution is -2.44. The van der Waals surface area contributed by atoms with Crippen LogP contribution < -0.4 is 0 Å². The maximum absolute atomic E-state index is 13.0. The molecule has 1 amide bonds. The van der Waals surface area contributed by atoms with Crippen LogP contribution in [-0.4, -0.2) is 15.9 Å². The number of carbonyl (C=O) groups is 1. The van der Waals surface area contributed by atoms with Gasteiger partial charge < -0.3 is 5.11 Å². The summed E-state index contributed by atoms with van der Waals surface area (Å²) >= 11 is 6.00. The maximum atomic E-state index is 13.0. The second-order valence-electron chi connectivity index (χ2n) is 6.10. The number of fused-ring (bicyclic) bond motifs is 1. The van der Waals surface area contributed by atoms with Crippen LogP contribution in [0.4, 0.5) is 0 Å². The van der Waals surface area contributed by atoms with Gasteiger partial charge in [-0.15, -0.1) is 0 Å². The molecule has 0 spiro atoms. The van der Waals surface area contributed by atoms with Gasteiger partial charge in [0, 0.05) is 28.3 Å². The molecule has 1 N–H and O–H groups in total. The first kappa shape index (κ1) is 15.9. The van der Waals surface area contributed by atoms with Gasteiger partial charge in [-0.25, -0.2) is 0 Å². The topological polar surface area (TPSA) is 40.5 Å². The fourth-order valence-corrected chi connectivity index (χ4v) is 3.48. The Morgan fingerprint density at radius 2 is 1.52 bits per heavy atom. The zero-order valence-corrected chi connectivity index (χ0v) is 14.1. The number of rotatable bonds is 3. The van der Waals surface area contributed by atoms with Gasteiger partial charge >= 0.3 is 0 Å². The van der Waals surface area contributed by atoms with E-state index in [4.69, 9.17) is 11.6 Å². The Kier molecular flexibility index (Phi) is 3.83. The molecule has 3 aromatic rings. The van der Waals surface area contributed by atoms with Gasteiger partial charge in [-0.2, -0.15) is 0 Å². The van der Waals surface area contributed by atoms with Crippen molar-refractivity contribution in [3.05, 3.63) is 106 Å². The molecule has 0 fully saturated rings. The fourth-order valence-electron chi connectivity index (χ4n) is 3.36. The quantitative estimate of drug-likeness (QED) is 0.770. The zero-order chi connectivity index (χ0) is 17.4. The molecule has 0 saturated carbocycles. The highest BCUT2D eigenvalue weighted by atomic mass is 35.5. The summed E-state index contributed by atoms with van der Waals surface area (Å²) in [7, 11) is 0. The molecule has 1 atom stereocenters.